The van der Waals surface area contributed by atoms with E-state index in [1.54, 1.807) is 29.2 Å². The van der Waals surface area contributed by atoms with Crippen molar-refractivity contribution in [2.45, 2.75) is 25.9 Å². The van der Waals surface area contributed by atoms with Crippen LogP contribution < -0.4 is 10.1 Å². The smallest absolute Gasteiger partial charge is 0.261 e. The van der Waals surface area contributed by atoms with E-state index in [2.05, 4.69) is 21.2 Å². The SMILES string of the molecule is CCNC(=O)[C@@H](Cc1ccccc1)N(Cc1cccc(Br)c1)C(=O)COc1ccc(Cl)cc1. The van der Waals surface area contributed by atoms with Crippen molar-refractivity contribution in [3.63, 3.8) is 0 Å². The molecule has 33 heavy (non-hydrogen) atoms. The minimum absolute atomic E-state index is 0.194. The summed E-state index contributed by atoms with van der Waals surface area (Å²) in [5, 5.41) is 3.47. The molecule has 0 spiro atoms. The molecule has 0 saturated carbocycles. The van der Waals surface area contributed by atoms with Crippen molar-refractivity contribution in [1.29, 1.82) is 0 Å². The Morgan fingerprint density at radius 2 is 1.70 bits per heavy atom. The Kier molecular flexibility index (Phi) is 9.34. The van der Waals surface area contributed by atoms with Crippen LogP contribution >= 0.6 is 27.5 Å². The highest BCUT2D eigenvalue weighted by Gasteiger charge is 2.30. The molecule has 172 valence electrons. The molecule has 0 heterocycles. The molecule has 0 aliphatic heterocycles. The van der Waals surface area contributed by atoms with E-state index in [0.29, 0.717) is 23.7 Å². The monoisotopic (exact) mass is 528 g/mol. The van der Waals surface area contributed by atoms with Gasteiger partial charge in [-0.3, -0.25) is 9.59 Å². The van der Waals surface area contributed by atoms with Gasteiger partial charge in [-0.15, -0.1) is 0 Å². The number of nitrogens with one attached hydrogen (secondary N) is 1. The molecule has 2 amide bonds. The van der Waals surface area contributed by atoms with Crippen LogP contribution in [-0.4, -0.2) is 35.9 Å². The second-order valence-corrected chi connectivity index (χ2v) is 8.85. The van der Waals surface area contributed by atoms with E-state index < -0.39 is 6.04 Å². The van der Waals surface area contributed by atoms with E-state index in [0.717, 1.165) is 15.6 Å². The summed E-state index contributed by atoms with van der Waals surface area (Å²) in [6.45, 7) is 2.42. The molecule has 0 fully saturated rings. The fourth-order valence-corrected chi connectivity index (χ4v) is 4.01. The van der Waals surface area contributed by atoms with Crippen LogP contribution in [0.2, 0.25) is 5.02 Å². The predicted octanol–water partition coefficient (Wildman–Crippen LogP) is 5.26. The van der Waals surface area contributed by atoms with Gasteiger partial charge in [0.15, 0.2) is 6.61 Å². The van der Waals surface area contributed by atoms with Gasteiger partial charge in [0.1, 0.15) is 11.8 Å². The van der Waals surface area contributed by atoms with Crippen molar-refractivity contribution in [3.8, 4) is 5.75 Å². The van der Waals surface area contributed by atoms with Crippen molar-refractivity contribution in [1.82, 2.24) is 10.2 Å². The fraction of sp³-hybridized carbons (Fsp3) is 0.231. The number of ether oxygens (including phenoxy) is 1. The summed E-state index contributed by atoms with van der Waals surface area (Å²) in [6.07, 6.45) is 0.396. The van der Waals surface area contributed by atoms with Crippen LogP contribution in [0.15, 0.2) is 83.3 Å². The number of hydrogen-bond acceptors (Lipinski definition) is 3. The maximum absolute atomic E-state index is 13.4. The first-order chi connectivity index (χ1) is 16.0. The highest BCUT2D eigenvalue weighted by Crippen LogP contribution is 2.19. The predicted molar refractivity (Wildman–Crippen MR) is 134 cm³/mol. The molecule has 0 aliphatic rings. The summed E-state index contributed by atoms with van der Waals surface area (Å²) in [5.74, 6) is 0.0566. The Labute approximate surface area is 207 Å². The van der Waals surface area contributed by atoms with Gasteiger partial charge < -0.3 is 15.0 Å². The highest BCUT2D eigenvalue weighted by molar-refractivity contribution is 9.10. The van der Waals surface area contributed by atoms with Crippen molar-refractivity contribution in [3.05, 3.63) is 99.5 Å². The molecular weight excluding hydrogens is 504 g/mol. The van der Waals surface area contributed by atoms with Crippen LogP contribution in [0.5, 0.6) is 5.75 Å². The van der Waals surface area contributed by atoms with Gasteiger partial charge in [-0.05, 0) is 54.4 Å². The Morgan fingerprint density at radius 3 is 2.36 bits per heavy atom. The molecule has 3 aromatic rings. The van der Waals surface area contributed by atoms with Gasteiger partial charge in [0, 0.05) is 29.0 Å². The minimum Gasteiger partial charge on any atom is -0.484 e. The lowest BCUT2D eigenvalue weighted by Gasteiger charge is -2.31. The number of halogens is 2. The number of benzene rings is 3. The lowest BCUT2D eigenvalue weighted by Crippen LogP contribution is -2.51. The van der Waals surface area contributed by atoms with E-state index in [-0.39, 0.29) is 25.0 Å². The van der Waals surface area contributed by atoms with Gasteiger partial charge in [-0.2, -0.15) is 0 Å². The maximum Gasteiger partial charge on any atom is 0.261 e. The molecule has 5 nitrogen and oxygen atoms in total. The van der Waals surface area contributed by atoms with Crippen molar-refractivity contribution in [2.24, 2.45) is 0 Å². The Morgan fingerprint density at radius 1 is 1.00 bits per heavy atom. The first kappa shape index (κ1) is 24.8. The normalized spacial score (nSPS) is 11.5. The van der Waals surface area contributed by atoms with E-state index in [9.17, 15) is 9.59 Å². The number of amides is 2. The Balaban J connectivity index is 1.88. The second kappa shape index (κ2) is 12.4. The van der Waals surface area contributed by atoms with Crippen molar-refractivity contribution < 1.29 is 14.3 Å². The molecule has 0 aliphatic carbocycles. The largest absolute Gasteiger partial charge is 0.484 e. The molecule has 0 bridgehead atoms. The van der Waals surface area contributed by atoms with E-state index in [1.165, 1.54) is 0 Å². The standard InChI is InChI=1S/C26H26BrClN2O3/c1-2-29-26(32)24(16-19-7-4-3-5-8-19)30(17-20-9-6-10-21(27)15-20)25(31)18-33-23-13-11-22(28)12-14-23/h3-15,24H,2,16-18H2,1H3,(H,29,32)/t24-/m1/s1. The first-order valence-electron chi connectivity index (χ1n) is 10.7. The number of carbonyl (C=O) groups excluding carboxylic acids is 2. The minimum atomic E-state index is -0.687. The molecular formula is C26H26BrClN2O3. The summed E-state index contributed by atoms with van der Waals surface area (Å²) in [5.41, 5.74) is 1.88. The third kappa shape index (κ3) is 7.62. The summed E-state index contributed by atoms with van der Waals surface area (Å²) in [7, 11) is 0. The molecule has 3 rings (SSSR count). The van der Waals surface area contributed by atoms with Crippen LogP contribution in [-0.2, 0) is 22.6 Å². The summed E-state index contributed by atoms with van der Waals surface area (Å²) < 4.78 is 6.62. The molecule has 3 aromatic carbocycles. The van der Waals surface area contributed by atoms with Gasteiger partial charge in [-0.1, -0.05) is 70.0 Å². The maximum atomic E-state index is 13.4. The van der Waals surface area contributed by atoms with Crippen LogP contribution in [0.25, 0.3) is 0 Å². The highest BCUT2D eigenvalue weighted by atomic mass is 79.9. The zero-order valence-corrected chi connectivity index (χ0v) is 20.7. The number of likely N-dealkylation sites (N-methyl/N-ethyl adjacent to an activating group) is 1. The molecule has 1 atom stereocenters. The van der Waals surface area contributed by atoms with Crippen LogP contribution in [0, 0.1) is 0 Å². The Bertz CT molecular complexity index is 1060. The third-order valence-electron chi connectivity index (χ3n) is 5.04. The lowest BCUT2D eigenvalue weighted by atomic mass is 10.0. The lowest BCUT2D eigenvalue weighted by molar-refractivity contribution is -0.142. The van der Waals surface area contributed by atoms with E-state index in [1.807, 2.05) is 61.5 Å². The van der Waals surface area contributed by atoms with Crippen LogP contribution in [0.4, 0.5) is 0 Å². The van der Waals surface area contributed by atoms with Crippen LogP contribution in [0.1, 0.15) is 18.1 Å². The van der Waals surface area contributed by atoms with Gasteiger partial charge >= 0.3 is 0 Å². The number of rotatable bonds is 10. The molecule has 7 heteroatoms. The Hall–Kier alpha value is -2.83. The topological polar surface area (TPSA) is 58.6 Å². The zero-order chi connectivity index (χ0) is 23.6. The molecule has 0 unspecified atom stereocenters. The molecule has 1 N–H and O–H groups in total. The summed E-state index contributed by atoms with van der Waals surface area (Å²) >= 11 is 9.41. The number of hydrogen-bond donors (Lipinski definition) is 1. The average molecular weight is 530 g/mol. The van der Waals surface area contributed by atoms with Crippen molar-refractivity contribution in [2.75, 3.05) is 13.2 Å². The molecule has 0 radical (unpaired) electrons. The van der Waals surface area contributed by atoms with Crippen LogP contribution in [0.3, 0.4) is 0 Å². The zero-order valence-electron chi connectivity index (χ0n) is 18.3. The van der Waals surface area contributed by atoms with Gasteiger partial charge in [0.2, 0.25) is 5.91 Å². The quantitative estimate of drug-likeness (QED) is 0.390. The molecule has 0 saturated heterocycles. The van der Waals surface area contributed by atoms with E-state index in [4.69, 9.17) is 16.3 Å². The second-order valence-electron chi connectivity index (χ2n) is 7.49. The van der Waals surface area contributed by atoms with Gasteiger partial charge in [-0.25, -0.2) is 0 Å². The first-order valence-corrected chi connectivity index (χ1v) is 11.9. The number of carbonyl (C=O) groups is 2. The average Bonchev–Trinajstić information content (AvgIpc) is 2.81. The third-order valence-corrected chi connectivity index (χ3v) is 5.79. The van der Waals surface area contributed by atoms with Crippen molar-refractivity contribution >= 4 is 39.3 Å². The number of nitrogens with zero attached hydrogens (tertiary/aromatic N) is 1. The summed E-state index contributed by atoms with van der Waals surface area (Å²) in [4.78, 5) is 28.1. The van der Waals surface area contributed by atoms with E-state index >= 15 is 0 Å². The summed E-state index contributed by atoms with van der Waals surface area (Å²) in [6, 6.07) is 23.5. The van der Waals surface area contributed by atoms with Gasteiger partial charge in [0.05, 0.1) is 0 Å². The fourth-order valence-electron chi connectivity index (χ4n) is 3.44. The molecule has 0 aromatic heterocycles. The van der Waals surface area contributed by atoms with Gasteiger partial charge in [0.25, 0.3) is 5.91 Å².